The Labute approximate surface area is 73.1 Å². The monoisotopic (exact) mass is 172 g/mol. The SMILES string of the molecule is CCCCCC(OC)C(=O)C=O. The first-order chi connectivity index (χ1) is 5.76. The van der Waals surface area contributed by atoms with Crippen molar-refractivity contribution < 1.29 is 14.3 Å². The maximum absolute atomic E-state index is 10.8. The molecule has 0 amide bonds. The highest BCUT2D eigenvalue weighted by Gasteiger charge is 2.15. The van der Waals surface area contributed by atoms with Crippen LogP contribution in [0, 0.1) is 0 Å². The molecule has 70 valence electrons. The summed E-state index contributed by atoms with van der Waals surface area (Å²) in [6, 6.07) is 0. The number of carbonyl (C=O) groups excluding carboxylic acids is 2. The molecule has 0 saturated heterocycles. The Morgan fingerprint density at radius 1 is 1.50 bits per heavy atom. The van der Waals surface area contributed by atoms with Gasteiger partial charge in [-0.2, -0.15) is 0 Å². The minimum absolute atomic E-state index is 0.333. The molecule has 0 aliphatic rings. The van der Waals surface area contributed by atoms with Crippen LogP contribution in [0.4, 0.5) is 0 Å². The molecule has 0 aliphatic carbocycles. The lowest BCUT2D eigenvalue weighted by molar-refractivity contribution is -0.137. The fourth-order valence-corrected chi connectivity index (χ4v) is 1.03. The number of rotatable bonds is 7. The fraction of sp³-hybridized carbons (Fsp3) is 0.778. The second-order valence-corrected chi connectivity index (χ2v) is 2.74. The van der Waals surface area contributed by atoms with Gasteiger partial charge in [0.15, 0.2) is 6.29 Å². The Kier molecular flexibility index (Phi) is 6.57. The number of methoxy groups -OCH3 is 1. The molecule has 3 heteroatoms. The van der Waals surface area contributed by atoms with Crippen molar-refractivity contribution in [2.45, 2.75) is 38.7 Å². The Hall–Kier alpha value is -0.700. The van der Waals surface area contributed by atoms with Gasteiger partial charge in [-0.05, 0) is 6.42 Å². The van der Waals surface area contributed by atoms with Crippen LogP contribution in [0.5, 0.6) is 0 Å². The van der Waals surface area contributed by atoms with Crippen molar-refractivity contribution in [3.8, 4) is 0 Å². The topological polar surface area (TPSA) is 43.4 Å². The summed E-state index contributed by atoms with van der Waals surface area (Å²) in [5.74, 6) is -0.450. The molecule has 0 bridgehead atoms. The molecule has 0 aromatic rings. The molecule has 3 nitrogen and oxygen atoms in total. The van der Waals surface area contributed by atoms with Crippen LogP contribution in [0.3, 0.4) is 0 Å². The first-order valence-electron chi connectivity index (χ1n) is 4.28. The van der Waals surface area contributed by atoms with Crippen molar-refractivity contribution >= 4 is 12.1 Å². The molecule has 0 heterocycles. The van der Waals surface area contributed by atoms with Crippen LogP contribution in [-0.2, 0) is 14.3 Å². The average molecular weight is 172 g/mol. The molecule has 0 N–H and O–H groups in total. The highest BCUT2D eigenvalue weighted by molar-refractivity contribution is 6.27. The van der Waals surface area contributed by atoms with Gasteiger partial charge in [0.1, 0.15) is 6.10 Å². The molecule has 12 heavy (non-hydrogen) atoms. The number of ether oxygens (including phenoxy) is 1. The average Bonchev–Trinajstić information content (AvgIpc) is 2.11. The molecule has 0 aliphatic heterocycles. The normalized spacial score (nSPS) is 12.5. The van der Waals surface area contributed by atoms with Crippen LogP contribution in [0.15, 0.2) is 0 Å². The molecule has 0 aromatic heterocycles. The molecule has 0 saturated carbocycles. The number of unbranched alkanes of at least 4 members (excludes halogenated alkanes) is 2. The third-order valence-electron chi connectivity index (χ3n) is 1.79. The Morgan fingerprint density at radius 2 is 2.17 bits per heavy atom. The van der Waals surface area contributed by atoms with E-state index in [1.807, 2.05) is 0 Å². The van der Waals surface area contributed by atoms with Gasteiger partial charge >= 0.3 is 0 Å². The summed E-state index contributed by atoms with van der Waals surface area (Å²) in [7, 11) is 1.46. The Balaban J connectivity index is 3.67. The third-order valence-corrected chi connectivity index (χ3v) is 1.79. The lowest BCUT2D eigenvalue weighted by atomic mass is 10.1. The van der Waals surface area contributed by atoms with Gasteiger partial charge in [0.05, 0.1) is 0 Å². The summed E-state index contributed by atoms with van der Waals surface area (Å²) in [6.07, 6.45) is 3.59. The predicted molar refractivity (Wildman–Crippen MR) is 46.0 cm³/mol. The lowest BCUT2D eigenvalue weighted by Gasteiger charge is -2.09. The van der Waals surface area contributed by atoms with Gasteiger partial charge in [-0.1, -0.05) is 26.2 Å². The van der Waals surface area contributed by atoms with Crippen LogP contribution in [0.1, 0.15) is 32.6 Å². The number of hydrogen-bond acceptors (Lipinski definition) is 3. The molecule has 0 aromatic carbocycles. The maximum Gasteiger partial charge on any atom is 0.223 e. The Bertz CT molecular complexity index is 143. The first kappa shape index (κ1) is 11.3. The first-order valence-corrected chi connectivity index (χ1v) is 4.28. The van der Waals surface area contributed by atoms with Crippen molar-refractivity contribution in [2.75, 3.05) is 7.11 Å². The number of carbonyl (C=O) groups is 2. The highest BCUT2D eigenvalue weighted by Crippen LogP contribution is 2.06. The number of ketones is 1. The summed E-state index contributed by atoms with van der Waals surface area (Å²) in [5.41, 5.74) is 0. The lowest BCUT2D eigenvalue weighted by Crippen LogP contribution is -2.23. The third kappa shape index (κ3) is 4.23. The van der Waals surface area contributed by atoms with E-state index in [1.165, 1.54) is 7.11 Å². The summed E-state index contributed by atoms with van der Waals surface area (Å²) >= 11 is 0. The van der Waals surface area contributed by atoms with Crippen molar-refractivity contribution in [1.82, 2.24) is 0 Å². The second kappa shape index (κ2) is 6.98. The number of Topliss-reactive ketones (excluding diaryl/α,β-unsaturated/α-hetero) is 1. The van der Waals surface area contributed by atoms with Crippen molar-refractivity contribution in [2.24, 2.45) is 0 Å². The van der Waals surface area contributed by atoms with Gasteiger partial charge in [0.2, 0.25) is 5.78 Å². The van der Waals surface area contributed by atoms with Gasteiger partial charge in [0, 0.05) is 7.11 Å². The molecular weight excluding hydrogens is 156 g/mol. The van der Waals surface area contributed by atoms with Crippen molar-refractivity contribution in [1.29, 1.82) is 0 Å². The quantitative estimate of drug-likeness (QED) is 0.331. The van der Waals surface area contributed by atoms with Gasteiger partial charge in [-0.25, -0.2) is 0 Å². The van der Waals surface area contributed by atoms with E-state index in [0.717, 1.165) is 19.3 Å². The highest BCUT2D eigenvalue weighted by atomic mass is 16.5. The standard InChI is InChI=1S/C9H16O3/c1-3-4-5-6-9(12-2)8(11)7-10/h7,9H,3-6H2,1-2H3. The van der Waals surface area contributed by atoms with Gasteiger partial charge in [-0.15, -0.1) is 0 Å². The van der Waals surface area contributed by atoms with Gasteiger partial charge < -0.3 is 4.74 Å². The zero-order valence-corrected chi connectivity index (χ0v) is 7.71. The zero-order valence-electron chi connectivity index (χ0n) is 7.71. The van der Waals surface area contributed by atoms with Gasteiger partial charge in [0.25, 0.3) is 0 Å². The van der Waals surface area contributed by atoms with Gasteiger partial charge in [-0.3, -0.25) is 9.59 Å². The van der Waals surface area contributed by atoms with Crippen LogP contribution < -0.4 is 0 Å². The molecule has 0 fully saturated rings. The summed E-state index contributed by atoms with van der Waals surface area (Å²) in [5, 5.41) is 0. The molecule has 1 atom stereocenters. The van der Waals surface area contributed by atoms with Crippen LogP contribution in [-0.4, -0.2) is 25.3 Å². The van der Waals surface area contributed by atoms with Crippen molar-refractivity contribution in [3.05, 3.63) is 0 Å². The smallest absolute Gasteiger partial charge is 0.223 e. The summed E-state index contributed by atoms with van der Waals surface area (Å²) < 4.78 is 4.87. The Morgan fingerprint density at radius 3 is 2.58 bits per heavy atom. The van der Waals surface area contributed by atoms with Crippen LogP contribution in [0.2, 0.25) is 0 Å². The molecular formula is C9H16O3. The zero-order chi connectivity index (χ0) is 9.40. The predicted octanol–water partition coefficient (Wildman–Crippen LogP) is 1.35. The number of aldehydes is 1. The van der Waals surface area contributed by atoms with E-state index in [9.17, 15) is 9.59 Å². The van der Waals surface area contributed by atoms with E-state index in [4.69, 9.17) is 4.74 Å². The van der Waals surface area contributed by atoms with E-state index in [2.05, 4.69) is 6.92 Å². The minimum atomic E-state index is -0.519. The number of hydrogen-bond donors (Lipinski definition) is 0. The largest absolute Gasteiger partial charge is 0.373 e. The maximum atomic E-state index is 10.8. The van der Waals surface area contributed by atoms with E-state index in [-0.39, 0.29) is 0 Å². The van der Waals surface area contributed by atoms with Crippen LogP contribution >= 0.6 is 0 Å². The van der Waals surface area contributed by atoms with E-state index >= 15 is 0 Å². The van der Waals surface area contributed by atoms with E-state index in [0.29, 0.717) is 12.7 Å². The molecule has 0 rings (SSSR count). The van der Waals surface area contributed by atoms with Crippen molar-refractivity contribution in [3.63, 3.8) is 0 Å². The molecule has 0 radical (unpaired) electrons. The second-order valence-electron chi connectivity index (χ2n) is 2.74. The molecule has 1 unspecified atom stereocenters. The van der Waals surface area contributed by atoms with E-state index < -0.39 is 11.9 Å². The minimum Gasteiger partial charge on any atom is -0.373 e. The van der Waals surface area contributed by atoms with Crippen LogP contribution in [0.25, 0.3) is 0 Å². The summed E-state index contributed by atoms with van der Waals surface area (Å²) in [4.78, 5) is 21.0. The fourth-order valence-electron chi connectivity index (χ4n) is 1.03. The molecule has 0 spiro atoms. The van der Waals surface area contributed by atoms with E-state index in [1.54, 1.807) is 0 Å². The summed E-state index contributed by atoms with van der Waals surface area (Å²) in [6.45, 7) is 2.09.